The van der Waals surface area contributed by atoms with Crippen molar-refractivity contribution in [3.63, 3.8) is 0 Å². The van der Waals surface area contributed by atoms with Crippen molar-refractivity contribution in [2.24, 2.45) is 35.5 Å². The first-order valence-electron chi connectivity index (χ1n) is 43.8. The first-order chi connectivity index (χ1) is 47.9. The number of unbranched alkanes of at least 4 members (excludes halogenated alkanes) is 35. The standard InChI is InChI=1S/C87H164N2O9/c1-4-7-10-13-22-34-51-72-68-74(53-36-28-30-39-58-79(92)71-77-56-47-46-55-76(77)70-78(91)57-38-24-17-15-18-25-41-63-84(95)85(96)64-43-32-33-50-67-90)75(69-73(72)52-35-23-14-11-8-5-2)54-37-29-31-45-66-87(98)89-81-60-49-48-59-80(81)88-86(97)65-44-27-20-16-19-26-42-62-83(94)82(93)61-40-21-12-9-6-3/h72-77,80-85,90,93-96H,4-71H2,1-3H3,(H,88,97)(H,89,98)/t72?,73?,74?,75?,76-,77-,80-,81-,82?,83?,84?,85?/m0/s1. The first-order valence-corrected chi connectivity index (χ1v) is 43.8. The third-order valence-electron chi connectivity index (χ3n) is 24.2. The number of nitrogens with one attached hydrogen (secondary N) is 2. The van der Waals surface area contributed by atoms with E-state index in [1.165, 1.54) is 173 Å². The molecular weight excluding hydrogens is 1220 g/mol. The molecular formula is C87H164N2O9. The van der Waals surface area contributed by atoms with E-state index in [9.17, 15) is 39.6 Å². The van der Waals surface area contributed by atoms with E-state index in [-0.39, 0.29) is 30.5 Å². The number of aliphatic hydroxyl groups is 5. The average molecular weight is 1380 g/mol. The second kappa shape index (κ2) is 62.5. The van der Waals surface area contributed by atoms with Crippen molar-refractivity contribution in [3.05, 3.63) is 0 Å². The fraction of sp³-hybridized carbons (Fsp3) is 0.954. The molecule has 0 aromatic rings. The molecule has 0 radical (unpaired) electrons. The summed E-state index contributed by atoms with van der Waals surface area (Å²) in [6.07, 6.45) is 70.9. The van der Waals surface area contributed by atoms with Gasteiger partial charge >= 0.3 is 0 Å². The van der Waals surface area contributed by atoms with Gasteiger partial charge in [0.2, 0.25) is 11.8 Å². The molecule has 0 saturated heterocycles. The maximum Gasteiger partial charge on any atom is 0.220 e. The van der Waals surface area contributed by atoms with E-state index in [0.29, 0.717) is 87.6 Å². The predicted octanol–water partition coefficient (Wildman–Crippen LogP) is 22.5. The molecule has 0 spiro atoms. The van der Waals surface area contributed by atoms with Crippen LogP contribution in [0, 0.1) is 35.5 Å². The highest BCUT2D eigenvalue weighted by Crippen LogP contribution is 2.47. The number of hydrogen-bond acceptors (Lipinski definition) is 9. The Hall–Kier alpha value is -1.92. The van der Waals surface area contributed by atoms with E-state index in [1.54, 1.807) is 0 Å². The van der Waals surface area contributed by atoms with Gasteiger partial charge in [-0.3, -0.25) is 19.2 Å². The van der Waals surface area contributed by atoms with Gasteiger partial charge in [0.05, 0.1) is 24.4 Å². The van der Waals surface area contributed by atoms with Crippen LogP contribution in [0.2, 0.25) is 0 Å². The van der Waals surface area contributed by atoms with E-state index in [0.717, 1.165) is 216 Å². The van der Waals surface area contributed by atoms with Crippen LogP contribution in [0.15, 0.2) is 0 Å². The fourth-order valence-electron chi connectivity index (χ4n) is 17.7. The highest BCUT2D eigenvalue weighted by Gasteiger charge is 2.36. The lowest BCUT2D eigenvalue weighted by atomic mass is 9.63. The molecule has 3 aliphatic rings. The minimum Gasteiger partial charge on any atom is -0.396 e. The Balaban J connectivity index is 1.38. The van der Waals surface area contributed by atoms with E-state index in [4.69, 9.17) is 5.11 Å². The molecule has 3 aliphatic carbocycles. The van der Waals surface area contributed by atoms with E-state index in [1.807, 2.05) is 0 Å². The van der Waals surface area contributed by atoms with Crippen molar-refractivity contribution in [1.29, 1.82) is 0 Å². The van der Waals surface area contributed by atoms with Gasteiger partial charge in [-0.05, 0) is 132 Å². The molecule has 0 bridgehead atoms. The zero-order valence-electron chi connectivity index (χ0n) is 64.9. The summed E-state index contributed by atoms with van der Waals surface area (Å²) in [4.78, 5) is 53.4. The van der Waals surface area contributed by atoms with Gasteiger partial charge in [-0.25, -0.2) is 0 Å². The van der Waals surface area contributed by atoms with Gasteiger partial charge in [-0.1, -0.05) is 316 Å². The lowest BCUT2D eigenvalue weighted by molar-refractivity contribution is -0.125. The maximum absolute atomic E-state index is 13.6. The van der Waals surface area contributed by atoms with E-state index >= 15 is 0 Å². The Kier molecular flexibility index (Phi) is 57.5. The maximum atomic E-state index is 13.6. The summed E-state index contributed by atoms with van der Waals surface area (Å²) in [5.74, 6) is 5.20. The summed E-state index contributed by atoms with van der Waals surface area (Å²) in [5, 5.41) is 57.0. The smallest absolute Gasteiger partial charge is 0.220 e. The summed E-state index contributed by atoms with van der Waals surface area (Å²) in [6, 6.07) is 0.0474. The molecule has 0 aliphatic heterocycles. The van der Waals surface area contributed by atoms with Crippen LogP contribution in [0.1, 0.15) is 451 Å². The molecule has 12 atom stereocenters. The van der Waals surface area contributed by atoms with Gasteiger partial charge in [0.25, 0.3) is 0 Å². The minimum atomic E-state index is -0.646. The monoisotopic (exact) mass is 1380 g/mol. The molecule has 11 nitrogen and oxygen atoms in total. The van der Waals surface area contributed by atoms with Crippen LogP contribution in [0.5, 0.6) is 0 Å². The Morgan fingerprint density at radius 3 is 0.837 bits per heavy atom. The number of aliphatic hydroxyl groups excluding tert-OH is 5. The molecule has 0 heterocycles. The number of carbonyl (C=O) groups is 4. The number of carbonyl (C=O) groups excluding carboxylic acids is 4. The molecule has 11 heteroatoms. The Labute approximate surface area is 605 Å². The normalized spacial score (nSPS) is 21.8. The van der Waals surface area contributed by atoms with Gasteiger partial charge in [-0.2, -0.15) is 0 Å². The number of Topliss-reactive ketones (excluding diaryl/α,β-unsaturated/α-hetero) is 2. The van der Waals surface area contributed by atoms with Crippen molar-refractivity contribution in [2.45, 2.75) is 487 Å². The Morgan fingerprint density at radius 2 is 0.541 bits per heavy atom. The topological polar surface area (TPSA) is 193 Å². The van der Waals surface area contributed by atoms with Crippen LogP contribution in [-0.4, -0.2) is 92.0 Å². The molecule has 7 N–H and O–H groups in total. The molecule has 3 rings (SSSR count). The second-order valence-electron chi connectivity index (χ2n) is 32.9. The van der Waals surface area contributed by atoms with E-state index in [2.05, 4.69) is 31.4 Å². The third kappa shape index (κ3) is 46.7. The van der Waals surface area contributed by atoms with Crippen molar-refractivity contribution < 1.29 is 44.7 Å². The highest BCUT2D eigenvalue weighted by molar-refractivity contribution is 5.80. The zero-order valence-corrected chi connectivity index (χ0v) is 64.9. The quantitative estimate of drug-likeness (QED) is 0.0290. The summed E-state index contributed by atoms with van der Waals surface area (Å²) >= 11 is 0. The molecule has 576 valence electrons. The third-order valence-corrected chi connectivity index (χ3v) is 24.2. The molecule has 2 amide bonds. The van der Waals surface area contributed by atoms with Crippen molar-refractivity contribution in [1.82, 2.24) is 10.6 Å². The molecule has 0 aromatic carbocycles. The van der Waals surface area contributed by atoms with Gasteiger partial charge in [0.1, 0.15) is 11.6 Å². The summed E-state index contributed by atoms with van der Waals surface area (Å²) in [5.41, 5.74) is 0. The molecule has 3 saturated carbocycles. The van der Waals surface area contributed by atoms with Crippen molar-refractivity contribution in [3.8, 4) is 0 Å². The van der Waals surface area contributed by atoms with Crippen LogP contribution in [-0.2, 0) is 19.2 Å². The number of ketones is 2. The predicted molar refractivity (Wildman–Crippen MR) is 412 cm³/mol. The van der Waals surface area contributed by atoms with Crippen LogP contribution < -0.4 is 10.6 Å². The number of hydrogen-bond donors (Lipinski definition) is 7. The summed E-state index contributed by atoms with van der Waals surface area (Å²) < 4.78 is 0. The molecule has 3 fully saturated rings. The second-order valence-corrected chi connectivity index (χ2v) is 32.9. The fourth-order valence-corrected chi connectivity index (χ4v) is 17.7. The minimum absolute atomic E-state index is 0.0232. The van der Waals surface area contributed by atoms with Gasteiger partial charge in [0.15, 0.2) is 0 Å². The molecule has 0 aromatic heterocycles. The highest BCUT2D eigenvalue weighted by atomic mass is 16.3. The first kappa shape index (κ1) is 90.3. The van der Waals surface area contributed by atoms with Crippen molar-refractivity contribution >= 4 is 23.4 Å². The van der Waals surface area contributed by atoms with Crippen molar-refractivity contribution in [2.75, 3.05) is 6.61 Å². The van der Waals surface area contributed by atoms with Crippen LogP contribution in [0.3, 0.4) is 0 Å². The van der Waals surface area contributed by atoms with Crippen LogP contribution in [0.4, 0.5) is 0 Å². The summed E-state index contributed by atoms with van der Waals surface area (Å²) in [7, 11) is 0. The SMILES string of the molecule is CCCCCCCCC1CC(CCCCCCC(=O)C[C@@H]2CCCC[C@H]2CC(=O)CCCCCCCCCC(O)C(O)CCCCCCO)C(CCCCCCC(=O)N[C@H]2CCCC[C@@H]2NC(=O)CCCCCCCCCC(O)C(O)CCCCCCC)CC1CCCCCCCC. The lowest BCUT2D eigenvalue weighted by Gasteiger charge is -2.42. The van der Waals surface area contributed by atoms with Crippen LogP contribution in [0.25, 0.3) is 0 Å². The van der Waals surface area contributed by atoms with Crippen LogP contribution >= 0.6 is 0 Å². The largest absolute Gasteiger partial charge is 0.396 e. The Morgan fingerprint density at radius 1 is 0.296 bits per heavy atom. The molecule has 98 heavy (non-hydrogen) atoms. The average Bonchev–Trinajstić information content (AvgIpc) is 0.842. The lowest BCUT2D eigenvalue weighted by Crippen LogP contribution is -2.53. The van der Waals surface area contributed by atoms with Gasteiger partial charge in [-0.15, -0.1) is 0 Å². The summed E-state index contributed by atoms with van der Waals surface area (Å²) in [6.45, 7) is 7.07. The van der Waals surface area contributed by atoms with Gasteiger partial charge < -0.3 is 36.2 Å². The number of rotatable bonds is 68. The zero-order chi connectivity index (χ0) is 70.7. The number of amides is 2. The Bertz CT molecular complexity index is 1740. The van der Waals surface area contributed by atoms with Gasteiger partial charge in [0, 0.05) is 57.2 Å². The van der Waals surface area contributed by atoms with E-state index < -0.39 is 24.4 Å². The molecule has 8 unspecified atom stereocenters.